The Kier molecular flexibility index (Phi) is 4.49. The summed E-state index contributed by atoms with van der Waals surface area (Å²) in [4.78, 5) is 20.4. The van der Waals surface area contributed by atoms with E-state index >= 15 is 0 Å². The van der Waals surface area contributed by atoms with Gasteiger partial charge in [-0.25, -0.2) is 12.8 Å². The first kappa shape index (κ1) is 16.8. The number of hydrogen-bond donors (Lipinski definition) is 1. The largest absolute Gasteiger partial charge is 0.480 e. The van der Waals surface area contributed by atoms with E-state index in [0.717, 1.165) is 6.07 Å². The van der Waals surface area contributed by atoms with Crippen LogP contribution in [0.15, 0.2) is 21.5 Å². The van der Waals surface area contributed by atoms with E-state index in [9.17, 15) is 27.7 Å². The number of rotatable bonds is 4. The van der Waals surface area contributed by atoms with Crippen molar-refractivity contribution in [2.24, 2.45) is 0 Å². The summed E-state index contributed by atoms with van der Waals surface area (Å²) >= 11 is 2.78. The number of nitrogens with zero attached hydrogens (tertiary/aromatic N) is 2. The van der Waals surface area contributed by atoms with Gasteiger partial charge in [0.05, 0.1) is 15.5 Å². The minimum Gasteiger partial charge on any atom is -0.480 e. The van der Waals surface area contributed by atoms with Crippen molar-refractivity contribution in [3.8, 4) is 0 Å². The van der Waals surface area contributed by atoms with Crippen LogP contribution < -0.4 is 0 Å². The Morgan fingerprint density at radius 2 is 2.14 bits per heavy atom. The molecule has 0 aliphatic carbocycles. The first-order valence-electron chi connectivity index (χ1n) is 6.04. The highest BCUT2D eigenvalue weighted by molar-refractivity contribution is 9.10. The van der Waals surface area contributed by atoms with Crippen molar-refractivity contribution < 1.29 is 27.6 Å². The number of carboxylic acid groups (broad SMARTS) is 1. The summed E-state index contributed by atoms with van der Waals surface area (Å²) < 4.78 is 39.0. The van der Waals surface area contributed by atoms with Gasteiger partial charge in [0.15, 0.2) is 4.90 Å². The lowest BCUT2D eigenvalue weighted by Gasteiger charge is -2.21. The van der Waals surface area contributed by atoms with Gasteiger partial charge >= 0.3 is 5.97 Å². The van der Waals surface area contributed by atoms with Gasteiger partial charge in [0.2, 0.25) is 0 Å². The molecule has 0 spiro atoms. The van der Waals surface area contributed by atoms with Crippen molar-refractivity contribution in [3.05, 3.63) is 32.5 Å². The SMILES string of the molecule is O=C(O)[C@@H]1CCCN1S(=O)(=O)c1cc(Br)c(F)cc1[N+](=O)[O-]. The Morgan fingerprint density at radius 1 is 1.50 bits per heavy atom. The first-order valence-corrected chi connectivity index (χ1v) is 8.27. The number of nitro groups is 1. The van der Waals surface area contributed by atoms with Crippen molar-refractivity contribution in [3.63, 3.8) is 0 Å². The Balaban J connectivity index is 2.61. The van der Waals surface area contributed by atoms with Gasteiger partial charge in [-0.1, -0.05) is 0 Å². The van der Waals surface area contributed by atoms with Crippen molar-refractivity contribution in [2.75, 3.05) is 6.54 Å². The van der Waals surface area contributed by atoms with Crippen molar-refractivity contribution in [2.45, 2.75) is 23.8 Å². The molecule has 1 aromatic carbocycles. The summed E-state index contributed by atoms with van der Waals surface area (Å²) in [5, 5.41) is 20.0. The molecule has 1 fully saturated rings. The molecule has 0 bridgehead atoms. The summed E-state index contributed by atoms with van der Waals surface area (Å²) in [6.45, 7) is -0.0640. The van der Waals surface area contributed by atoms with Crippen LogP contribution in [0.3, 0.4) is 0 Å². The maximum Gasteiger partial charge on any atom is 0.322 e. The van der Waals surface area contributed by atoms with Gasteiger partial charge < -0.3 is 5.11 Å². The molecule has 8 nitrogen and oxygen atoms in total. The summed E-state index contributed by atoms with van der Waals surface area (Å²) in [5.41, 5.74) is -0.934. The first-order chi connectivity index (χ1) is 10.2. The molecule has 1 heterocycles. The third-order valence-electron chi connectivity index (χ3n) is 3.27. The fraction of sp³-hybridized carbons (Fsp3) is 0.364. The zero-order chi connectivity index (χ0) is 16.7. The molecule has 22 heavy (non-hydrogen) atoms. The zero-order valence-corrected chi connectivity index (χ0v) is 13.3. The van der Waals surface area contributed by atoms with Crippen LogP contribution in [-0.4, -0.2) is 41.3 Å². The molecule has 0 amide bonds. The minimum atomic E-state index is -4.43. The maximum absolute atomic E-state index is 13.4. The van der Waals surface area contributed by atoms with Crippen LogP contribution in [0.1, 0.15) is 12.8 Å². The van der Waals surface area contributed by atoms with E-state index in [4.69, 9.17) is 5.11 Å². The van der Waals surface area contributed by atoms with E-state index in [-0.39, 0.29) is 17.4 Å². The Bertz CT molecular complexity index is 753. The van der Waals surface area contributed by atoms with Crippen LogP contribution in [0.5, 0.6) is 0 Å². The quantitative estimate of drug-likeness (QED) is 0.611. The maximum atomic E-state index is 13.4. The van der Waals surface area contributed by atoms with E-state index in [1.165, 1.54) is 0 Å². The average Bonchev–Trinajstić information content (AvgIpc) is 2.91. The predicted octanol–water partition coefficient (Wildman–Crippen LogP) is 1.73. The Morgan fingerprint density at radius 3 is 2.68 bits per heavy atom. The molecule has 120 valence electrons. The number of carbonyl (C=O) groups is 1. The van der Waals surface area contributed by atoms with E-state index in [2.05, 4.69) is 15.9 Å². The molecular formula is C11H10BrFN2O6S. The van der Waals surface area contributed by atoms with Gasteiger partial charge in [-0.15, -0.1) is 0 Å². The van der Waals surface area contributed by atoms with E-state index < -0.39 is 43.4 Å². The molecule has 1 aromatic rings. The zero-order valence-electron chi connectivity index (χ0n) is 10.9. The molecule has 11 heteroatoms. The van der Waals surface area contributed by atoms with E-state index in [1.54, 1.807) is 0 Å². The van der Waals surface area contributed by atoms with Crippen LogP contribution in [0.25, 0.3) is 0 Å². The Labute approximate surface area is 132 Å². The van der Waals surface area contributed by atoms with Crippen molar-refractivity contribution in [1.29, 1.82) is 0 Å². The number of benzene rings is 1. The third-order valence-corrected chi connectivity index (χ3v) is 5.82. The van der Waals surface area contributed by atoms with Crippen LogP contribution in [-0.2, 0) is 14.8 Å². The number of aliphatic carboxylic acids is 1. The van der Waals surface area contributed by atoms with Crippen LogP contribution in [0.4, 0.5) is 10.1 Å². The summed E-state index contributed by atoms with van der Waals surface area (Å²) in [7, 11) is -4.43. The second-order valence-corrected chi connectivity index (χ2v) is 7.32. The van der Waals surface area contributed by atoms with Gasteiger partial charge in [-0.2, -0.15) is 4.31 Å². The van der Waals surface area contributed by atoms with Gasteiger partial charge in [0.25, 0.3) is 15.7 Å². The molecule has 0 saturated carbocycles. The van der Waals surface area contributed by atoms with Gasteiger partial charge in [-0.05, 0) is 34.8 Å². The van der Waals surface area contributed by atoms with E-state index in [0.29, 0.717) is 16.8 Å². The van der Waals surface area contributed by atoms with Gasteiger partial charge in [0, 0.05) is 6.54 Å². The number of halogens is 2. The summed E-state index contributed by atoms with van der Waals surface area (Å²) in [6, 6.07) is -0.0171. The Hall–Kier alpha value is -1.59. The van der Waals surface area contributed by atoms with Crippen LogP contribution in [0.2, 0.25) is 0 Å². The number of nitro benzene ring substituents is 1. The highest BCUT2D eigenvalue weighted by Gasteiger charge is 2.42. The monoisotopic (exact) mass is 396 g/mol. The van der Waals surface area contributed by atoms with E-state index in [1.807, 2.05) is 0 Å². The summed E-state index contributed by atoms with van der Waals surface area (Å²) in [5.74, 6) is -2.31. The van der Waals surface area contributed by atoms with Gasteiger partial charge in [0.1, 0.15) is 11.9 Å². The highest BCUT2D eigenvalue weighted by atomic mass is 79.9. The third kappa shape index (κ3) is 2.83. The fourth-order valence-electron chi connectivity index (χ4n) is 2.27. The molecule has 1 N–H and O–H groups in total. The van der Waals surface area contributed by atoms with Crippen molar-refractivity contribution in [1.82, 2.24) is 4.31 Å². The molecule has 0 radical (unpaired) electrons. The van der Waals surface area contributed by atoms with Crippen LogP contribution in [0, 0.1) is 15.9 Å². The second kappa shape index (κ2) is 5.89. The standard InChI is InChI=1S/C11H10BrFN2O6S/c12-6-4-10(9(15(18)19)5-7(6)13)22(20,21)14-3-1-2-8(14)11(16)17/h4-5,8H,1-3H2,(H,16,17)/t8-/m0/s1. The fourth-order valence-corrected chi connectivity index (χ4v) is 4.58. The molecular weight excluding hydrogens is 387 g/mol. The van der Waals surface area contributed by atoms with Gasteiger partial charge in [-0.3, -0.25) is 14.9 Å². The number of carboxylic acids is 1. The predicted molar refractivity (Wildman–Crippen MR) is 75.3 cm³/mol. The molecule has 1 aliphatic heterocycles. The highest BCUT2D eigenvalue weighted by Crippen LogP contribution is 2.34. The minimum absolute atomic E-state index is 0.0640. The molecule has 1 saturated heterocycles. The molecule has 1 atom stereocenters. The van der Waals surface area contributed by atoms with Crippen molar-refractivity contribution >= 4 is 37.6 Å². The molecule has 0 unspecified atom stereocenters. The molecule has 2 rings (SSSR count). The lowest BCUT2D eigenvalue weighted by Crippen LogP contribution is -2.40. The average molecular weight is 397 g/mol. The smallest absolute Gasteiger partial charge is 0.322 e. The number of sulfonamides is 1. The lowest BCUT2D eigenvalue weighted by molar-refractivity contribution is -0.388. The lowest BCUT2D eigenvalue weighted by atomic mass is 10.2. The normalized spacial score (nSPS) is 19.3. The summed E-state index contributed by atoms with van der Waals surface area (Å²) in [6.07, 6.45) is 0.442. The molecule has 1 aliphatic rings. The van der Waals surface area contributed by atoms with Crippen LogP contribution >= 0.6 is 15.9 Å². The second-order valence-electron chi connectivity index (χ2n) is 4.60. The number of hydrogen-bond acceptors (Lipinski definition) is 5. The topological polar surface area (TPSA) is 118 Å². The molecule has 0 aromatic heterocycles.